The van der Waals surface area contributed by atoms with Gasteiger partial charge in [-0.05, 0) is 24.8 Å². The van der Waals surface area contributed by atoms with E-state index >= 15 is 0 Å². The number of hydrogen-bond acceptors (Lipinski definition) is 3. The number of amides is 1. The summed E-state index contributed by atoms with van der Waals surface area (Å²) in [6.07, 6.45) is 2.82. The molecule has 0 bridgehead atoms. The summed E-state index contributed by atoms with van der Waals surface area (Å²) >= 11 is 0. The van der Waals surface area contributed by atoms with Gasteiger partial charge in [-0.3, -0.25) is 4.79 Å². The highest BCUT2D eigenvalue weighted by atomic mass is 16.5. The van der Waals surface area contributed by atoms with Gasteiger partial charge in [0.05, 0.1) is 0 Å². The highest BCUT2D eigenvalue weighted by Gasteiger charge is 2.22. The van der Waals surface area contributed by atoms with Gasteiger partial charge in [0.1, 0.15) is 6.04 Å². The number of carbonyl (C=O) groups is 2. The summed E-state index contributed by atoms with van der Waals surface area (Å²) in [6.45, 7) is 2.13. The predicted octanol–water partition coefficient (Wildman–Crippen LogP) is 2.25. The average Bonchev–Trinajstić information content (AvgIpc) is 2.51. The lowest BCUT2D eigenvalue weighted by Crippen LogP contribution is -2.43. The molecule has 0 fully saturated rings. The van der Waals surface area contributed by atoms with Crippen molar-refractivity contribution < 1.29 is 19.4 Å². The SMILES string of the molecule is COCCC(NC(=O)C(C)CCCc1ccccc1)C(=O)O. The van der Waals surface area contributed by atoms with Gasteiger partial charge in [0.15, 0.2) is 0 Å². The summed E-state index contributed by atoms with van der Waals surface area (Å²) < 4.78 is 4.86. The summed E-state index contributed by atoms with van der Waals surface area (Å²) in [5, 5.41) is 11.7. The number of carbonyl (C=O) groups excluding carboxylic acids is 1. The van der Waals surface area contributed by atoms with Gasteiger partial charge in [-0.2, -0.15) is 0 Å². The maximum atomic E-state index is 12.0. The molecule has 0 aliphatic rings. The van der Waals surface area contributed by atoms with Gasteiger partial charge in [-0.1, -0.05) is 37.3 Å². The predicted molar refractivity (Wildman–Crippen MR) is 84.6 cm³/mol. The molecule has 2 N–H and O–H groups in total. The molecule has 0 heterocycles. The van der Waals surface area contributed by atoms with Gasteiger partial charge in [0, 0.05) is 26.1 Å². The summed E-state index contributed by atoms with van der Waals surface area (Å²) in [7, 11) is 1.51. The van der Waals surface area contributed by atoms with Gasteiger partial charge in [0.25, 0.3) is 0 Å². The largest absolute Gasteiger partial charge is 0.480 e. The quantitative estimate of drug-likeness (QED) is 0.695. The van der Waals surface area contributed by atoms with Crippen molar-refractivity contribution in [2.24, 2.45) is 5.92 Å². The van der Waals surface area contributed by atoms with Crippen molar-refractivity contribution in [2.75, 3.05) is 13.7 Å². The van der Waals surface area contributed by atoms with Crippen molar-refractivity contribution in [3.05, 3.63) is 35.9 Å². The van der Waals surface area contributed by atoms with Crippen LogP contribution in [0.15, 0.2) is 30.3 Å². The summed E-state index contributed by atoms with van der Waals surface area (Å²) in [5.74, 6) is -1.44. The van der Waals surface area contributed by atoms with Crippen LogP contribution in [-0.4, -0.2) is 36.7 Å². The number of carboxylic acid groups (broad SMARTS) is 1. The van der Waals surface area contributed by atoms with Crippen molar-refractivity contribution in [3.8, 4) is 0 Å². The second kappa shape index (κ2) is 9.95. The number of aliphatic carboxylic acids is 1. The van der Waals surface area contributed by atoms with Crippen LogP contribution in [0, 0.1) is 5.92 Å². The molecule has 0 aromatic heterocycles. The summed E-state index contributed by atoms with van der Waals surface area (Å²) in [4.78, 5) is 23.1. The lowest BCUT2D eigenvalue weighted by atomic mass is 10.00. The van der Waals surface area contributed by atoms with Crippen LogP contribution in [0.3, 0.4) is 0 Å². The van der Waals surface area contributed by atoms with Gasteiger partial charge in [-0.15, -0.1) is 0 Å². The fourth-order valence-electron chi connectivity index (χ4n) is 2.20. The molecule has 1 aromatic carbocycles. The molecule has 0 radical (unpaired) electrons. The Kier molecular flexibility index (Phi) is 8.22. The molecule has 1 amide bonds. The fraction of sp³-hybridized carbons (Fsp3) is 0.529. The molecular formula is C17H25NO4. The highest BCUT2D eigenvalue weighted by Crippen LogP contribution is 2.11. The van der Waals surface area contributed by atoms with Crippen LogP contribution in [0.25, 0.3) is 0 Å². The van der Waals surface area contributed by atoms with Crippen LogP contribution in [0.2, 0.25) is 0 Å². The number of ether oxygens (including phenoxy) is 1. The zero-order valence-electron chi connectivity index (χ0n) is 13.2. The topological polar surface area (TPSA) is 75.6 Å². The number of nitrogens with one attached hydrogen (secondary N) is 1. The third-order valence-electron chi connectivity index (χ3n) is 3.62. The van der Waals surface area contributed by atoms with E-state index in [0.717, 1.165) is 19.3 Å². The molecule has 0 saturated carbocycles. The molecular weight excluding hydrogens is 282 g/mol. The number of hydrogen-bond donors (Lipinski definition) is 2. The van der Waals surface area contributed by atoms with E-state index in [1.165, 1.54) is 12.7 Å². The van der Waals surface area contributed by atoms with Crippen molar-refractivity contribution in [1.29, 1.82) is 0 Å². The number of aryl methyl sites for hydroxylation is 1. The number of rotatable bonds is 10. The lowest BCUT2D eigenvalue weighted by Gasteiger charge is -2.17. The third kappa shape index (κ3) is 6.72. The minimum absolute atomic E-state index is 0.201. The van der Waals surface area contributed by atoms with Crippen molar-refractivity contribution >= 4 is 11.9 Å². The fourth-order valence-corrected chi connectivity index (χ4v) is 2.20. The van der Waals surface area contributed by atoms with Gasteiger partial charge >= 0.3 is 5.97 Å². The monoisotopic (exact) mass is 307 g/mol. The van der Waals surface area contributed by atoms with Crippen molar-refractivity contribution in [2.45, 2.75) is 38.6 Å². The van der Waals surface area contributed by atoms with E-state index in [1.54, 1.807) is 0 Å². The highest BCUT2D eigenvalue weighted by molar-refractivity contribution is 5.84. The second-order valence-corrected chi connectivity index (χ2v) is 5.46. The smallest absolute Gasteiger partial charge is 0.326 e. The van der Waals surface area contributed by atoms with E-state index < -0.39 is 12.0 Å². The standard InChI is InChI=1S/C17H25NO4/c1-13(7-6-10-14-8-4-3-5-9-14)16(19)18-15(17(20)21)11-12-22-2/h3-5,8-9,13,15H,6-7,10-12H2,1-2H3,(H,18,19)(H,20,21). The number of methoxy groups -OCH3 is 1. The molecule has 5 heteroatoms. The number of carboxylic acids is 1. The van der Waals surface area contributed by atoms with Crippen LogP contribution in [0.4, 0.5) is 0 Å². The molecule has 2 unspecified atom stereocenters. The number of benzene rings is 1. The third-order valence-corrected chi connectivity index (χ3v) is 3.62. The van der Waals surface area contributed by atoms with E-state index in [-0.39, 0.29) is 18.2 Å². The molecule has 0 spiro atoms. The first-order valence-corrected chi connectivity index (χ1v) is 7.60. The van der Waals surface area contributed by atoms with E-state index in [0.29, 0.717) is 6.61 Å². The summed E-state index contributed by atoms with van der Waals surface area (Å²) in [6, 6.07) is 9.22. The van der Waals surface area contributed by atoms with E-state index in [4.69, 9.17) is 9.84 Å². The Hall–Kier alpha value is -1.88. The first-order valence-electron chi connectivity index (χ1n) is 7.60. The van der Waals surface area contributed by atoms with Crippen LogP contribution >= 0.6 is 0 Å². The van der Waals surface area contributed by atoms with E-state index in [1.807, 2.05) is 25.1 Å². The zero-order chi connectivity index (χ0) is 16.4. The van der Waals surface area contributed by atoms with Gasteiger partial charge in [-0.25, -0.2) is 4.79 Å². The van der Waals surface area contributed by atoms with E-state index in [9.17, 15) is 9.59 Å². The van der Waals surface area contributed by atoms with Crippen LogP contribution in [0.1, 0.15) is 31.7 Å². The molecule has 0 aliphatic carbocycles. The zero-order valence-corrected chi connectivity index (χ0v) is 13.2. The first-order chi connectivity index (χ1) is 10.5. The summed E-state index contributed by atoms with van der Waals surface area (Å²) in [5.41, 5.74) is 1.25. The Morgan fingerprint density at radius 2 is 1.91 bits per heavy atom. The second-order valence-electron chi connectivity index (χ2n) is 5.46. The Morgan fingerprint density at radius 1 is 1.23 bits per heavy atom. The molecule has 5 nitrogen and oxygen atoms in total. The van der Waals surface area contributed by atoms with Crippen molar-refractivity contribution in [3.63, 3.8) is 0 Å². The van der Waals surface area contributed by atoms with Crippen LogP contribution in [-0.2, 0) is 20.7 Å². The van der Waals surface area contributed by atoms with Gasteiger partial charge < -0.3 is 15.2 Å². The van der Waals surface area contributed by atoms with Crippen LogP contribution in [0.5, 0.6) is 0 Å². The van der Waals surface area contributed by atoms with Crippen molar-refractivity contribution in [1.82, 2.24) is 5.32 Å². The molecule has 22 heavy (non-hydrogen) atoms. The maximum absolute atomic E-state index is 12.0. The Bertz CT molecular complexity index is 461. The lowest BCUT2D eigenvalue weighted by molar-refractivity contribution is -0.142. The van der Waals surface area contributed by atoms with Gasteiger partial charge in [0.2, 0.25) is 5.91 Å². The Balaban J connectivity index is 2.35. The Labute approximate surface area is 131 Å². The molecule has 1 aromatic rings. The molecule has 2 atom stereocenters. The van der Waals surface area contributed by atoms with Crippen LogP contribution < -0.4 is 5.32 Å². The molecule has 0 saturated heterocycles. The molecule has 1 rings (SSSR count). The van der Waals surface area contributed by atoms with E-state index in [2.05, 4.69) is 17.4 Å². The first kappa shape index (κ1) is 18.2. The normalized spacial score (nSPS) is 13.4. The maximum Gasteiger partial charge on any atom is 0.326 e. The average molecular weight is 307 g/mol. The Morgan fingerprint density at radius 3 is 2.50 bits per heavy atom. The minimum Gasteiger partial charge on any atom is -0.480 e. The minimum atomic E-state index is -1.03. The molecule has 0 aliphatic heterocycles. The molecule has 122 valence electrons.